The van der Waals surface area contributed by atoms with Crippen molar-refractivity contribution in [2.45, 2.75) is 70.3 Å². The Morgan fingerprint density at radius 2 is 1.27 bits per heavy atom. The molecule has 2 aliphatic rings. The first-order valence-corrected chi connectivity index (χ1v) is 24.5. The van der Waals surface area contributed by atoms with E-state index < -0.39 is 16.0 Å². The molecule has 2 N–H and O–H groups in total. The standard InChI is InChI=1S/C23H29N3O3S2.C23H26N2O3S/c1-31(27,28)24-14-4-15-26(17-19-7-8-19)16-13-18-9-11-20(12-10-18)29-23-25-21-5-2-3-6-22(21)30-23;26-22(27)7-3-4-15-25(18-10-11-18)16-14-17-8-12-19(13-9-17)28-23-24-20-5-1-2-6-21(20)29-23/h2-3,5-6,9-12,19,24H,4,7-8,13-17H2,1H3;1-2,5-6,8-9,12-13,18H,3-4,7,10-11,14-16H2,(H,26,27). The fourth-order valence-corrected chi connectivity index (χ4v) is 9.21. The monoisotopic (exact) mass is 869 g/mol. The van der Waals surface area contributed by atoms with Gasteiger partial charge in [0, 0.05) is 38.6 Å². The molecule has 0 radical (unpaired) electrons. The van der Waals surface area contributed by atoms with Gasteiger partial charge < -0.3 is 24.4 Å². The minimum atomic E-state index is -3.11. The van der Waals surface area contributed by atoms with Crippen LogP contribution >= 0.6 is 22.7 Å². The second-order valence-corrected chi connectivity index (χ2v) is 19.6. The number of carboxylic acid groups (broad SMARTS) is 1. The smallest absolute Gasteiger partial charge is 0.303 e. The number of benzene rings is 4. The summed E-state index contributed by atoms with van der Waals surface area (Å²) in [5.74, 6) is 1.72. The lowest BCUT2D eigenvalue weighted by atomic mass is 10.1. The third-order valence-corrected chi connectivity index (χ3v) is 13.1. The predicted octanol–water partition coefficient (Wildman–Crippen LogP) is 9.63. The summed E-state index contributed by atoms with van der Waals surface area (Å²) in [6.07, 6.45) is 11.2. The molecule has 8 rings (SSSR count). The summed E-state index contributed by atoms with van der Waals surface area (Å²) in [6, 6.07) is 33.3. The molecule has 6 aromatic rings. The van der Waals surface area contributed by atoms with E-state index in [0.717, 1.165) is 103 Å². The van der Waals surface area contributed by atoms with Crippen LogP contribution in [0.15, 0.2) is 97.1 Å². The van der Waals surface area contributed by atoms with Crippen LogP contribution in [-0.4, -0.2) is 90.8 Å². The Morgan fingerprint density at radius 3 is 1.77 bits per heavy atom. The topological polar surface area (TPSA) is 134 Å². The maximum Gasteiger partial charge on any atom is 0.303 e. The minimum Gasteiger partial charge on any atom is -0.481 e. The molecule has 11 nitrogen and oxygen atoms in total. The summed E-state index contributed by atoms with van der Waals surface area (Å²) in [5, 5.41) is 10.1. The number of aromatic nitrogens is 2. The molecular formula is C46H55N5O6S3. The minimum absolute atomic E-state index is 0.272. The number of thiazole rings is 2. The first-order valence-electron chi connectivity index (χ1n) is 21.0. The Hall–Kier alpha value is -4.44. The number of nitrogens with one attached hydrogen (secondary N) is 1. The van der Waals surface area contributed by atoms with Gasteiger partial charge in [-0.05, 0) is 136 Å². The Labute approximate surface area is 361 Å². The normalized spacial score (nSPS) is 14.1. The van der Waals surface area contributed by atoms with Crippen molar-refractivity contribution in [1.29, 1.82) is 0 Å². The van der Waals surface area contributed by atoms with Gasteiger partial charge in [0.05, 0.1) is 26.7 Å². The molecule has 0 amide bonds. The fourth-order valence-electron chi connectivity index (χ4n) is 7.03. The number of sulfonamides is 1. The molecule has 0 bridgehead atoms. The van der Waals surface area contributed by atoms with Crippen LogP contribution in [0.25, 0.3) is 20.4 Å². The van der Waals surface area contributed by atoms with Crippen molar-refractivity contribution in [2.24, 2.45) is 5.92 Å². The largest absolute Gasteiger partial charge is 0.481 e. The average molecular weight is 870 g/mol. The van der Waals surface area contributed by atoms with Crippen molar-refractivity contribution in [3.8, 4) is 21.9 Å². The maximum atomic E-state index is 11.2. The lowest BCUT2D eigenvalue weighted by Crippen LogP contribution is -2.32. The third kappa shape index (κ3) is 14.6. The highest BCUT2D eigenvalue weighted by atomic mass is 32.2. The van der Waals surface area contributed by atoms with E-state index in [1.54, 1.807) is 22.7 Å². The summed E-state index contributed by atoms with van der Waals surface area (Å²) >= 11 is 3.11. The second kappa shape index (κ2) is 21.4. The number of unbranched alkanes of at least 4 members (excludes halogenated alkanes) is 1. The van der Waals surface area contributed by atoms with Crippen molar-refractivity contribution in [3.05, 3.63) is 108 Å². The van der Waals surface area contributed by atoms with E-state index >= 15 is 0 Å². The van der Waals surface area contributed by atoms with Crippen LogP contribution in [0.2, 0.25) is 0 Å². The Kier molecular flexibility index (Phi) is 15.6. The van der Waals surface area contributed by atoms with Crippen molar-refractivity contribution in [2.75, 3.05) is 45.5 Å². The molecule has 0 unspecified atom stereocenters. The van der Waals surface area contributed by atoms with E-state index in [0.29, 0.717) is 23.0 Å². The molecule has 0 atom stereocenters. The second-order valence-electron chi connectivity index (χ2n) is 15.8. The van der Waals surface area contributed by atoms with Crippen LogP contribution in [0, 0.1) is 5.92 Å². The van der Waals surface area contributed by atoms with Crippen molar-refractivity contribution < 1.29 is 27.8 Å². The Balaban J connectivity index is 0.000000182. The summed E-state index contributed by atoms with van der Waals surface area (Å²) in [5.41, 5.74) is 4.48. The van der Waals surface area contributed by atoms with Crippen molar-refractivity contribution >= 4 is 59.1 Å². The molecule has 60 heavy (non-hydrogen) atoms. The van der Waals surface area contributed by atoms with Gasteiger partial charge in [0.2, 0.25) is 10.0 Å². The van der Waals surface area contributed by atoms with Crippen LogP contribution in [-0.2, 0) is 27.7 Å². The predicted molar refractivity (Wildman–Crippen MR) is 242 cm³/mol. The summed E-state index contributed by atoms with van der Waals surface area (Å²) < 4.78 is 39.1. The van der Waals surface area contributed by atoms with Gasteiger partial charge in [0.15, 0.2) is 0 Å². The molecule has 14 heteroatoms. The average Bonchev–Trinajstić information content (AvgIpc) is 4.17. The van der Waals surface area contributed by atoms with E-state index in [1.807, 2.05) is 66.7 Å². The zero-order valence-electron chi connectivity index (χ0n) is 34.2. The first kappa shape index (κ1) is 43.6. The molecule has 0 saturated heterocycles. The summed E-state index contributed by atoms with van der Waals surface area (Å²) in [7, 11) is -3.11. The number of ether oxygens (including phenoxy) is 2. The fraction of sp³-hybridized carbons (Fsp3) is 0.413. The van der Waals surface area contributed by atoms with E-state index in [2.05, 4.69) is 54.8 Å². The van der Waals surface area contributed by atoms with Crippen LogP contribution in [0.4, 0.5) is 0 Å². The third-order valence-electron chi connectivity index (χ3n) is 10.6. The van der Waals surface area contributed by atoms with Gasteiger partial charge in [-0.1, -0.05) is 71.2 Å². The number of nitrogens with zero attached hydrogens (tertiary/aromatic N) is 4. The molecule has 2 fully saturated rings. The Bertz CT molecular complexity index is 2310. The van der Waals surface area contributed by atoms with Crippen molar-refractivity contribution in [1.82, 2.24) is 24.5 Å². The maximum absolute atomic E-state index is 11.2. The first-order chi connectivity index (χ1) is 29.1. The highest BCUT2D eigenvalue weighted by molar-refractivity contribution is 7.88. The molecule has 318 valence electrons. The molecule has 0 spiro atoms. The van der Waals surface area contributed by atoms with E-state index in [-0.39, 0.29) is 6.42 Å². The molecular weight excluding hydrogens is 815 g/mol. The lowest BCUT2D eigenvalue weighted by Gasteiger charge is -2.22. The van der Waals surface area contributed by atoms with Gasteiger partial charge in [-0.3, -0.25) is 4.79 Å². The molecule has 2 aliphatic carbocycles. The van der Waals surface area contributed by atoms with Gasteiger partial charge in [-0.15, -0.1) is 0 Å². The number of aliphatic carboxylic acids is 1. The molecule has 2 saturated carbocycles. The number of fused-ring (bicyclic) bond motifs is 2. The van der Waals surface area contributed by atoms with Crippen LogP contribution in [0.1, 0.15) is 62.5 Å². The van der Waals surface area contributed by atoms with E-state index in [1.165, 1.54) is 43.1 Å². The summed E-state index contributed by atoms with van der Waals surface area (Å²) in [6.45, 7) is 5.52. The number of rotatable bonds is 23. The quantitative estimate of drug-likeness (QED) is 0.0600. The van der Waals surface area contributed by atoms with Crippen LogP contribution < -0.4 is 14.2 Å². The number of carbonyl (C=O) groups is 1. The zero-order chi connectivity index (χ0) is 41.7. The van der Waals surface area contributed by atoms with Gasteiger partial charge >= 0.3 is 5.97 Å². The Morgan fingerprint density at radius 1 is 0.717 bits per heavy atom. The zero-order valence-corrected chi connectivity index (χ0v) is 36.7. The lowest BCUT2D eigenvalue weighted by molar-refractivity contribution is -0.137. The molecule has 2 aromatic heterocycles. The van der Waals surface area contributed by atoms with Gasteiger partial charge in [-0.2, -0.15) is 0 Å². The highest BCUT2D eigenvalue weighted by Crippen LogP contribution is 2.33. The SMILES string of the molecule is CS(=O)(=O)NCCCN(CCc1ccc(Oc2nc3ccccc3s2)cc1)CC1CC1.O=C(O)CCCCN(CCc1ccc(Oc2nc3ccccc3s2)cc1)C1CC1. The summed E-state index contributed by atoms with van der Waals surface area (Å²) in [4.78, 5) is 24.7. The van der Waals surface area contributed by atoms with Crippen molar-refractivity contribution in [3.63, 3.8) is 0 Å². The number of hydrogen-bond donors (Lipinski definition) is 2. The van der Waals surface area contributed by atoms with Gasteiger partial charge in [0.25, 0.3) is 10.4 Å². The van der Waals surface area contributed by atoms with Gasteiger partial charge in [0.1, 0.15) is 11.5 Å². The molecule has 4 aromatic carbocycles. The van der Waals surface area contributed by atoms with Gasteiger partial charge in [-0.25, -0.2) is 23.1 Å². The van der Waals surface area contributed by atoms with E-state index in [9.17, 15) is 13.2 Å². The number of carboxylic acids is 1. The highest BCUT2D eigenvalue weighted by Gasteiger charge is 2.28. The molecule has 2 heterocycles. The van der Waals surface area contributed by atoms with Crippen LogP contribution in [0.3, 0.4) is 0 Å². The van der Waals surface area contributed by atoms with Crippen LogP contribution in [0.5, 0.6) is 21.9 Å². The molecule has 0 aliphatic heterocycles. The van der Waals surface area contributed by atoms with E-state index in [4.69, 9.17) is 14.6 Å². The number of para-hydroxylation sites is 2. The number of hydrogen-bond acceptors (Lipinski definition) is 11.